The first kappa shape index (κ1) is 16.3. The summed E-state index contributed by atoms with van der Waals surface area (Å²) in [7, 11) is -3.49. The summed E-state index contributed by atoms with van der Waals surface area (Å²) in [6, 6.07) is 4.32. The van der Waals surface area contributed by atoms with Gasteiger partial charge in [-0.25, -0.2) is 13.1 Å². The van der Waals surface area contributed by atoms with Crippen LogP contribution in [0.5, 0.6) is 0 Å². The topological polar surface area (TPSA) is 72.2 Å². The number of halogens is 1. The van der Waals surface area contributed by atoms with Gasteiger partial charge in [-0.1, -0.05) is 38.3 Å². The van der Waals surface area contributed by atoms with Gasteiger partial charge in [-0.05, 0) is 30.5 Å². The zero-order valence-electron chi connectivity index (χ0n) is 11.3. The molecule has 0 spiro atoms. The summed E-state index contributed by atoms with van der Waals surface area (Å²) >= 11 is 5.82. The van der Waals surface area contributed by atoms with Crippen molar-refractivity contribution in [3.8, 4) is 0 Å². The molecule has 0 unspecified atom stereocenters. The molecule has 3 N–H and O–H groups in total. The third-order valence-electron chi connectivity index (χ3n) is 2.78. The van der Waals surface area contributed by atoms with Crippen LogP contribution in [0.25, 0.3) is 0 Å². The van der Waals surface area contributed by atoms with Crippen molar-refractivity contribution in [2.24, 2.45) is 5.92 Å². The summed E-state index contributed by atoms with van der Waals surface area (Å²) in [4.78, 5) is 0.149. The fraction of sp³-hybridized carbons (Fsp3) is 0.538. The van der Waals surface area contributed by atoms with Crippen LogP contribution in [0.3, 0.4) is 0 Å². The van der Waals surface area contributed by atoms with Gasteiger partial charge >= 0.3 is 0 Å². The van der Waals surface area contributed by atoms with E-state index in [1.54, 1.807) is 0 Å². The summed E-state index contributed by atoms with van der Waals surface area (Å²) in [5.74, 6) is 0.646. The molecule has 6 heteroatoms. The van der Waals surface area contributed by atoms with E-state index in [4.69, 9.17) is 17.3 Å². The third-order valence-corrected chi connectivity index (χ3v) is 4.57. The minimum absolute atomic E-state index is 0.149. The standard InChI is InChI=1S/C13H21ClN2O2S/c1-10(2)5-3-4-8-16-19(17,18)11-6-7-13(15)12(14)9-11/h6-7,9-10,16H,3-5,8,15H2,1-2H3. The molecule has 0 fully saturated rings. The minimum atomic E-state index is -3.49. The summed E-state index contributed by atoms with van der Waals surface area (Å²) in [6.45, 7) is 4.75. The molecule has 0 saturated heterocycles. The van der Waals surface area contributed by atoms with Gasteiger partial charge in [-0.15, -0.1) is 0 Å². The Labute approximate surface area is 120 Å². The second kappa shape index (κ2) is 7.12. The Hall–Kier alpha value is -0.780. The summed E-state index contributed by atoms with van der Waals surface area (Å²) in [5.41, 5.74) is 5.93. The molecular weight excluding hydrogens is 284 g/mol. The van der Waals surface area contributed by atoms with E-state index in [0.29, 0.717) is 18.2 Å². The Morgan fingerprint density at radius 2 is 2.00 bits per heavy atom. The van der Waals surface area contributed by atoms with Crippen LogP contribution in [-0.4, -0.2) is 15.0 Å². The van der Waals surface area contributed by atoms with Crippen LogP contribution in [-0.2, 0) is 10.0 Å². The number of unbranched alkanes of at least 4 members (excludes halogenated alkanes) is 1. The van der Waals surface area contributed by atoms with Crippen LogP contribution >= 0.6 is 11.6 Å². The molecule has 0 heterocycles. The van der Waals surface area contributed by atoms with Crippen LogP contribution in [0.4, 0.5) is 5.69 Å². The molecular formula is C13H21ClN2O2S. The number of benzene rings is 1. The van der Waals surface area contributed by atoms with E-state index >= 15 is 0 Å². The van der Waals surface area contributed by atoms with Gasteiger partial charge in [-0.2, -0.15) is 0 Å². The van der Waals surface area contributed by atoms with E-state index in [1.807, 2.05) is 0 Å². The van der Waals surface area contributed by atoms with Gasteiger partial charge in [0.25, 0.3) is 0 Å². The molecule has 108 valence electrons. The van der Waals surface area contributed by atoms with E-state index in [2.05, 4.69) is 18.6 Å². The van der Waals surface area contributed by atoms with Crippen LogP contribution < -0.4 is 10.5 Å². The molecule has 1 aromatic rings. The van der Waals surface area contributed by atoms with E-state index in [1.165, 1.54) is 18.2 Å². The lowest BCUT2D eigenvalue weighted by Crippen LogP contribution is -2.24. The lowest BCUT2D eigenvalue weighted by Gasteiger charge is -2.08. The number of rotatable bonds is 7. The van der Waals surface area contributed by atoms with Crippen molar-refractivity contribution in [2.45, 2.75) is 38.0 Å². The zero-order chi connectivity index (χ0) is 14.5. The van der Waals surface area contributed by atoms with Gasteiger partial charge in [0.1, 0.15) is 0 Å². The first-order valence-electron chi connectivity index (χ1n) is 6.37. The van der Waals surface area contributed by atoms with Crippen molar-refractivity contribution in [3.63, 3.8) is 0 Å². The highest BCUT2D eigenvalue weighted by Gasteiger charge is 2.14. The van der Waals surface area contributed by atoms with Crippen molar-refractivity contribution in [2.75, 3.05) is 12.3 Å². The fourth-order valence-corrected chi connectivity index (χ4v) is 2.99. The van der Waals surface area contributed by atoms with Crippen LogP contribution in [0, 0.1) is 5.92 Å². The average molecular weight is 305 g/mol. The molecule has 1 rings (SSSR count). The maximum atomic E-state index is 12.0. The maximum absolute atomic E-state index is 12.0. The Bertz CT molecular complexity index is 515. The zero-order valence-corrected chi connectivity index (χ0v) is 12.9. The number of anilines is 1. The largest absolute Gasteiger partial charge is 0.398 e. The molecule has 0 aliphatic rings. The molecule has 4 nitrogen and oxygen atoms in total. The van der Waals surface area contributed by atoms with Gasteiger partial charge in [-0.3, -0.25) is 0 Å². The highest BCUT2D eigenvalue weighted by Crippen LogP contribution is 2.22. The van der Waals surface area contributed by atoms with Gasteiger partial charge in [0.15, 0.2) is 0 Å². The van der Waals surface area contributed by atoms with E-state index in [0.717, 1.165) is 19.3 Å². The molecule has 0 aliphatic heterocycles. The number of sulfonamides is 1. The lowest BCUT2D eigenvalue weighted by molar-refractivity contribution is 0.530. The first-order valence-corrected chi connectivity index (χ1v) is 8.23. The Morgan fingerprint density at radius 1 is 1.32 bits per heavy atom. The molecule has 19 heavy (non-hydrogen) atoms. The lowest BCUT2D eigenvalue weighted by atomic mass is 10.1. The second-order valence-corrected chi connectivity index (χ2v) is 7.14. The van der Waals surface area contributed by atoms with Gasteiger partial charge in [0.05, 0.1) is 15.6 Å². The predicted octanol–water partition coefficient (Wildman–Crippen LogP) is 3.03. The minimum Gasteiger partial charge on any atom is -0.398 e. The Balaban J connectivity index is 2.54. The quantitative estimate of drug-likeness (QED) is 0.601. The smallest absolute Gasteiger partial charge is 0.240 e. The van der Waals surface area contributed by atoms with E-state index in [9.17, 15) is 8.42 Å². The van der Waals surface area contributed by atoms with Crippen LogP contribution in [0.2, 0.25) is 5.02 Å². The van der Waals surface area contributed by atoms with Crippen molar-refractivity contribution in [1.82, 2.24) is 4.72 Å². The SMILES string of the molecule is CC(C)CCCCNS(=O)(=O)c1ccc(N)c(Cl)c1. The third kappa shape index (κ3) is 5.38. The van der Waals surface area contributed by atoms with E-state index < -0.39 is 10.0 Å². The molecule has 0 amide bonds. The number of hydrogen-bond acceptors (Lipinski definition) is 3. The molecule has 0 atom stereocenters. The number of nitrogen functional groups attached to an aromatic ring is 1. The molecule has 0 aliphatic carbocycles. The number of hydrogen-bond donors (Lipinski definition) is 2. The first-order chi connectivity index (χ1) is 8.83. The fourth-order valence-electron chi connectivity index (χ4n) is 1.64. The molecule has 0 saturated carbocycles. The average Bonchev–Trinajstić information content (AvgIpc) is 2.31. The highest BCUT2D eigenvalue weighted by molar-refractivity contribution is 7.89. The van der Waals surface area contributed by atoms with Gasteiger partial charge in [0.2, 0.25) is 10.0 Å². The molecule has 0 bridgehead atoms. The summed E-state index contributed by atoms with van der Waals surface area (Å²) < 4.78 is 26.5. The van der Waals surface area contributed by atoms with Crippen molar-refractivity contribution in [3.05, 3.63) is 23.2 Å². The predicted molar refractivity (Wildman–Crippen MR) is 79.7 cm³/mol. The van der Waals surface area contributed by atoms with Gasteiger partial charge < -0.3 is 5.73 Å². The van der Waals surface area contributed by atoms with Crippen LogP contribution in [0.1, 0.15) is 33.1 Å². The molecule has 1 aromatic carbocycles. The monoisotopic (exact) mass is 304 g/mol. The maximum Gasteiger partial charge on any atom is 0.240 e. The summed E-state index contributed by atoms with van der Waals surface area (Å²) in [5, 5.41) is 0.252. The normalized spacial score (nSPS) is 12.0. The van der Waals surface area contributed by atoms with Crippen molar-refractivity contribution < 1.29 is 8.42 Å². The van der Waals surface area contributed by atoms with Crippen molar-refractivity contribution >= 4 is 27.3 Å². The molecule has 0 radical (unpaired) electrons. The Morgan fingerprint density at radius 3 is 2.58 bits per heavy atom. The number of nitrogens with two attached hydrogens (primary N) is 1. The number of nitrogens with one attached hydrogen (secondary N) is 1. The highest BCUT2D eigenvalue weighted by atomic mass is 35.5. The van der Waals surface area contributed by atoms with Crippen LogP contribution in [0.15, 0.2) is 23.1 Å². The van der Waals surface area contributed by atoms with E-state index in [-0.39, 0.29) is 9.92 Å². The Kier molecular flexibility index (Phi) is 6.10. The summed E-state index contributed by atoms with van der Waals surface area (Å²) in [6.07, 6.45) is 2.96. The van der Waals surface area contributed by atoms with Gasteiger partial charge in [0, 0.05) is 6.54 Å². The molecule has 0 aromatic heterocycles. The second-order valence-electron chi connectivity index (χ2n) is 4.97. The van der Waals surface area contributed by atoms with Crippen molar-refractivity contribution in [1.29, 1.82) is 0 Å².